The predicted molar refractivity (Wildman–Crippen MR) is 94.8 cm³/mol. The number of nitro benzene ring substituents is 1. The topological polar surface area (TPSA) is 119 Å². The molecular formula is C18H21N3O6. The van der Waals surface area contributed by atoms with Gasteiger partial charge in [0.25, 0.3) is 11.6 Å². The van der Waals surface area contributed by atoms with Crippen LogP contribution in [-0.4, -0.2) is 46.8 Å². The number of nitrogens with one attached hydrogen (secondary N) is 1. The largest absolute Gasteiger partial charge is 0.455 e. The molecule has 144 valence electrons. The lowest BCUT2D eigenvalue weighted by molar-refractivity contribution is -0.383. The fraction of sp³-hybridized carbons (Fsp3) is 0.500. The van der Waals surface area contributed by atoms with Gasteiger partial charge in [0.05, 0.1) is 10.8 Å². The summed E-state index contributed by atoms with van der Waals surface area (Å²) >= 11 is 0. The third-order valence-corrected chi connectivity index (χ3v) is 4.98. The highest BCUT2D eigenvalue weighted by atomic mass is 16.6. The van der Waals surface area contributed by atoms with Crippen LogP contribution in [0.4, 0.5) is 11.4 Å². The lowest BCUT2D eigenvalue weighted by atomic mass is 10.1. The summed E-state index contributed by atoms with van der Waals surface area (Å²) in [6.07, 6.45) is 4.21. The molecule has 1 aromatic rings. The first kappa shape index (κ1) is 18.8. The van der Waals surface area contributed by atoms with Crippen molar-refractivity contribution in [1.29, 1.82) is 0 Å². The van der Waals surface area contributed by atoms with Crippen molar-refractivity contribution in [2.24, 2.45) is 5.92 Å². The van der Waals surface area contributed by atoms with Crippen LogP contribution < -0.4 is 5.32 Å². The van der Waals surface area contributed by atoms with Crippen molar-refractivity contribution in [3.8, 4) is 0 Å². The van der Waals surface area contributed by atoms with Gasteiger partial charge < -0.3 is 15.0 Å². The van der Waals surface area contributed by atoms with Crippen LogP contribution in [0.5, 0.6) is 0 Å². The number of amides is 2. The monoisotopic (exact) mass is 375 g/mol. The van der Waals surface area contributed by atoms with Gasteiger partial charge in [-0.1, -0.05) is 25.0 Å². The zero-order chi connectivity index (χ0) is 19.4. The fourth-order valence-electron chi connectivity index (χ4n) is 3.64. The molecule has 1 atom stereocenters. The second-order valence-corrected chi connectivity index (χ2v) is 6.82. The molecule has 0 unspecified atom stereocenters. The van der Waals surface area contributed by atoms with Crippen molar-refractivity contribution in [2.45, 2.75) is 38.1 Å². The van der Waals surface area contributed by atoms with Crippen LogP contribution in [-0.2, 0) is 19.1 Å². The highest BCUT2D eigenvalue weighted by Gasteiger charge is 2.39. The Morgan fingerprint density at radius 3 is 2.67 bits per heavy atom. The van der Waals surface area contributed by atoms with Gasteiger partial charge in [-0.15, -0.1) is 0 Å². The van der Waals surface area contributed by atoms with Crippen LogP contribution in [0.15, 0.2) is 24.3 Å². The molecule has 9 heteroatoms. The lowest BCUT2D eigenvalue weighted by Crippen LogP contribution is -2.35. The molecule has 2 amide bonds. The number of likely N-dealkylation sites (tertiary alicyclic amines) is 1. The number of carbonyl (C=O) groups excluding carboxylic acids is 3. The molecule has 0 aromatic heterocycles. The Labute approximate surface area is 155 Å². The van der Waals surface area contributed by atoms with Gasteiger partial charge >= 0.3 is 5.97 Å². The minimum Gasteiger partial charge on any atom is -0.455 e. The Kier molecular flexibility index (Phi) is 5.68. The highest BCUT2D eigenvalue weighted by Crippen LogP contribution is 2.30. The van der Waals surface area contributed by atoms with E-state index in [9.17, 15) is 24.5 Å². The molecule has 27 heavy (non-hydrogen) atoms. The number of nitrogens with zero attached hydrogens (tertiary/aromatic N) is 2. The van der Waals surface area contributed by atoms with E-state index in [1.165, 1.54) is 18.2 Å². The van der Waals surface area contributed by atoms with Crippen LogP contribution in [0.25, 0.3) is 0 Å². The fourth-order valence-corrected chi connectivity index (χ4v) is 3.64. The molecule has 2 fully saturated rings. The number of carbonyl (C=O) groups is 3. The van der Waals surface area contributed by atoms with Crippen LogP contribution in [0.2, 0.25) is 0 Å². The smallest absolute Gasteiger partial charge is 0.311 e. The summed E-state index contributed by atoms with van der Waals surface area (Å²) in [5.41, 5.74) is -0.210. The average molecular weight is 375 g/mol. The van der Waals surface area contributed by atoms with Crippen molar-refractivity contribution in [3.63, 3.8) is 0 Å². The molecule has 1 saturated heterocycles. The molecule has 9 nitrogen and oxygen atoms in total. The summed E-state index contributed by atoms with van der Waals surface area (Å²) < 4.78 is 5.02. The van der Waals surface area contributed by atoms with Gasteiger partial charge in [-0.2, -0.15) is 0 Å². The van der Waals surface area contributed by atoms with E-state index in [0.717, 1.165) is 25.7 Å². The molecule has 1 saturated carbocycles. The van der Waals surface area contributed by atoms with Crippen molar-refractivity contribution in [1.82, 2.24) is 4.90 Å². The van der Waals surface area contributed by atoms with Crippen molar-refractivity contribution in [3.05, 3.63) is 34.4 Å². The molecule has 2 aliphatic rings. The summed E-state index contributed by atoms with van der Waals surface area (Å²) in [5, 5.41) is 13.3. The maximum absolute atomic E-state index is 12.2. The Bertz CT molecular complexity index is 759. The van der Waals surface area contributed by atoms with E-state index in [0.29, 0.717) is 6.54 Å². The molecule has 1 aliphatic carbocycles. The summed E-state index contributed by atoms with van der Waals surface area (Å²) in [6, 6.07) is 5.91. The molecule has 0 radical (unpaired) electrons. The van der Waals surface area contributed by atoms with E-state index in [1.807, 2.05) is 0 Å². The van der Waals surface area contributed by atoms with Gasteiger partial charge in [0.1, 0.15) is 5.69 Å². The number of esters is 1. The van der Waals surface area contributed by atoms with Gasteiger partial charge in [0, 0.05) is 25.1 Å². The second kappa shape index (κ2) is 8.15. The Morgan fingerprint density at radius 2 is 1.96 bits per heavy atom. The van der Waals surface area contributed by atoms with Crippen LogP contribution in [0, 0.1) is 16.0 Å². The van der Waals surface area contributed by atoms with E-state index in [4.69, 9.17) is 4.74 Å². The number of hydrogen-bond acceptors (Lipinski definition) is 6. The molecule has 1 aromatic carbocycles. The minimum absolute atomic E-state index is 0.0343. The second-order valence-electron chi connectivity index (χ2n) is 6.82. The molecule has 0 bridgehead atoms. The Balaban J connectivity index is 1.50. The summed E-state index contributed by atoms with van der Waals surface area (Å²) in [4.78, 5) is 48.4. The van der Waals surface area contributed by atoms with Gasteiger partial charge in [-0.25, -0.2) is 0 Å². The first-order valence-corrected chi connectivity index (χ1v) is 8.95. The Hall–Kier alpha value is -2.97. The normalized spacial score (nSPS) is 19.9. The maximum Gasteiger partial charge on any atom is 0.311 e. The zero-order valence-corrected chi connectivity index (χ0v) is 14.8. The summed E-state index contributed by atoms with van der Waals surface area (Å²) in [6.45, 7) is -0.229. The Morgan fingerprint density at radius 1 is 1.26 bits per heavy atom. The van der Waals surface area contributed by atoms with Crippen molar-refractivity contribution < 1.29 is 24.0 Å². The van der Waals surface area contributed by atoms with E-state index in [-0.39, 0.29) is 29.7 Å². The first-order valence-electron chi connectivity index (χ1n) is 8.95. The van der Waals surface area contributed by atoms with Gasteiger partial charge in [-0.05, 0) is 18.9 Å². The molecule has 1 aliphatic heterocycles. The molecule has 1 heterocycles. The number of anilines is 1. The first-order chi connectivity index (χ1) is 13.0. The third-order valence-electron chi connectivity index (χ3n) is 4.98. The average Bonchev–Trinajstić information content (AvgIpc) is 3.29. The van der Waals surface area contributed by atoms with Crippen LogP contribution in [0.3, 0.4) is 0 Å². The van der Waals surface area contributed by atoms with E-state index in [2.05, 4.69) is 5.32 Å². The number of benzene rings is 1. The van der Waals surface area contributed by atoms with Gasteiger partial charge in [0.2, 0.25) is 5.91 Å². The number of para-hydroxylation sites is 2. The zero-order valence-electron chi connectivity index (χ0n) is 14.8. The molecular weight excluding hydrogens is 354 g/mol. The van der Waals surface area contributed by atoms with Crippen molar-refractivity contribution in [2.75, 3.05) is 18.5 Å². The summed E-state index contributed by atoms with van der Waals surface area (Å²) in [7, 11) is 0. The van der Waals surface area contributed by atoms with E-state index < -0.39 is 29.3 Å². The highest BCUT2D eigenvalue weighted by molar-refractivity contribution is 5.95. The van der Waals surface area contributed by atoms with Crippen LogP contribution >= 0.6 is 0 Å². The van der Waals surface area contributed by atoms with Crippen molar-refractivity contribution >= 4 is 29.2 Å². The number of ether oxygens (including phenoxy) is 1. The van der Waals surface area contributed by atoms with E-state index >= 15 is 0 Å². The van der Waals surface area contributed by atoms with Gasteiger partial charge in [0.15, 0.2) is 6.61 Å². The number of rotatable bonds is 6. The van der Waals surface area contributed by atoms with Gasteiger partial charge in [-0.3, -0.25) is 24.5 Å². The van der Waals surface area contributed by atoms with E-state index in [1.54, 1.807) is 11.0 Å². The molecule has 3 rings (SSSR count). The molecule has 1 N–H and O–H groups in total. The molecule has 0 spiro atoms. The quantitative estimate of drug-likeness (QED) is 0.460. The standard InChI is InChI=1S/C18H21N3O6/c22-16(19-14-7-3-4-8-15(14)21(25)26)11-27-18(24)12-9-17(23)20(10-12)13-5-1-2-6-13/h3-4,7-8,12-13H,1-2,5-6,9-11H2,(H,19,22)/t12-/m1/s1. The lowest BCUT2D eigenvalue weighted by Gasteiger charge is -2.23. The maximum atomic E-state index is 12.2. The summed E-state index contributed by atoms with van der Waals surface area (Å²) in [5.74, 6) is -1.89. The predicted octanol–water partition coefficient (Wildman–Crippen LogP) is 1.87. The third kappa shape index (κ3) is 4.42. The number of nitro groups is 1. The number of hydrogen-bond donors (Lipinski definition) is 1. The SMILES string of the molecule is O=C(COC(=O)[C@@H]1CC(=O)N(C2CCCC2)C1)Nc1ccccc1[N+](=O)[O-]. The van der Waals surface area contributed by atoms with Crippen LogP contribution in [0.1, 0.15) is 32.1 Å². The minimum atomic E-state index is -0.672.